The van der Waals surface area contributed by atoms with Gasteiger partial charge in [-0.15, -0.1) is 0 Å². The fourth-order valence-corrected chi connectivity index (χ4v) is 12.3. The van der Waals surface area contributed by atoms with E-state index in [0.717, 1.165) is 51.4 Å². The Labute approximate surface area is 432 Å². The molecule has 1 heterocycles. The molecule has 0 bridgehead atoms. The minimum absolute atomic E-state index is 0.438. The van der Waals surface area contributed by atoms with Gasteiger partial charge < -0.3 is 9.47 Å². The summed E-state index contributed by atoms with van der Waals surface area (Å²) in [7, 11) is 0. The van der Waals surface area contributed by atoms with Crippen molar-refractivity contribution in [3.05, 3.63) is 313 Å². The normalized spacial score (nSPS) is 12.6. The Morgan fingerprint density at radius 1 is 0.338 bits per heavy atom. The van der Waals surface area contributed by atoms with Crippen LogP contribution in [0.2, 0.25) is 0 Å². The number of para-hydroxylation sites is 4. The van der Waals surface area contributed by atoms with Crippen molar-refractivity contribution in [1.82, 2.24) is 4.57 Å². The third kappa shape index (κ3) is 7.02. The lowest BCUT2D eigenvalue weighted by Gasteiger charge is -2.42. The van der Waals surface area contributed by atoms with Crippen LogP contribution in [0.4, 0.5) is 17.1 Å². The third-order valence-electron chi connectivity index (χ3n) is 15.6. The van der Waals surface area contributed by atoms with Gasteiger partial charge in [-0.05, 0) is 127 Å². The van der Waals surface area contributed by atoms with Crippen LogP contribution in [0.15, 0.2) is 291 Å². The maximum absolute atomic E-state index is 2.53. The average Bonchev–Trinajstić information content (AvgIpc) is 3.85. The molecule has 14 rings (SSSR count). The van der Waals surface area contributed by atoms with Crippen LogP contribution in [-0.4, -0.2) is 4.57 Å². The number of benzene rings is 12. The van der Waals surface area contributed by atoms with E-state index >= 15 is 0 Å². The van der Waals surface area contributed by atoms with Crippen molar-refractivity contribution in [2.75, 3.05) is 4.90 Å². The average molecular weight is 943 g/mol. The highest BCUT2D eigenvalue weighted by Gasteiger charge is 2.42. The standard InChI is InChI=1S/C72H50N2/c1-5-23-50(24-6-1)60-38-21-26-51-27-22-39-64(71(51)60)62-36-16-19-41-68(62)74(57-44-46-70-65(48-57)63-37-17-20-42-69(63)73(70)56-32-11-4-12-33-56)67-40-18-15-35-59(67)52-43-45-61-58-34-14-13-25-53(58)49-72(66(61)47-52,54-28-7-2-8-29-54)55-30-9-3-10-31-55/h1-48H,49H2. The van der Waals surface area contributed by atoms with Crippen molar-refractivity contribution in [3.8, 4) is 50.2 Å². The lowest BCUT2D eigenvalue weighted by Crippen LogP contribution is -2.35. The van der Waals surface area contributed by atoms with Crippen LogP contribution in [0.5, 0.6) is 0 Å². The number of fused-ring (bicyclic) bond motifs is 7. The van der Waals surface area contributed by atoms with E-state index in [1.807, 2.05) is 0 Å². The Bertz CT molecular complexity index is 4170. The zero-order valence-corrected chi connectivity index (χ0v) is 40.8. The van der Waals surface area contributed by atoms with Crippen molar-refractivity contribution in [3.63, 3.8) is 0 Å². The van der Waals surface area contributed by atoms with Gasteiger partial charge in [0, 0.05) is 38.7 Å². The van der Waals surface area contributed by atoms with E-state index < -0.39 is 5.41 Å². The third-order valence-corrected chi connectivity index (χ3v) is 15.6. The molecule has 0 saturated carbocycles. The molecule has 13 aromatic rings. The van der Waals surface area contributed by atoms with Gasteiger partial charge in [0.1, 0.15) is 0 Å². The molecule has 0 N–H and O–H groups in total. The van der Waals surface area contributed by atoms with Gasteiger partial charge in [-0.3, -0.25) is 0 Å². The first-order chi connectivity index (χ1) is 36.7. The summed E-state index contributed by atoms with van der Waals surface area (Å²) < 4.78 is 2.40. The molecule has 1 aromatic heterocycles. The zero-order valence-electron chi connectivity index (χ0n) is 40.8. The Kier molecular flexibility index (Phi) is 10.5. The molecule has 0 unspecified atom stereocenters. The van der Waals surface area contributed by atoms with Crippen LogP contribution in [-0.2, 0) is 11.8 Å². The molecule has 1 aliphatic rings. The maximum atomic E-state index is 2.53. The second-order valence-electron chi connectivity index (χ2n) is 19.6. The molecular formula is C72H50N2. The monoisotopic (exact) mass is 942 g/mol. The molecule has 74 heavy (non-hydrogen) atoms. The Morgan fingerprint density at radius 2 is 0.892 bits per heavy atom. The Hall–Kier alpha value is -9.50. The summed E-state index contributed by atoms with van der Waals surface area (Å²) in [5.74, 6) is 0. The SMILES string of the molecule is c1ccc(-c2cccc3cccc(-c4ccccc4N(c4ccc5c(c4)c4ccccc4n5-c4ccccc4)c4ccccc4-c4ccc5c(c4)C(c4ccccc4)(c4ccccc4)Cc4ccccc4-5)c23)cc1. The number of anilines is 3. The summed E-state index contributed by atoms with van der Waals surface area (Å²) in [6, 6.07) is 108. The van der Waals surface area contributed by atoms with E-state index in [0.29, 0.717) is 0 Å². The summed E-state index contributed by atoms with van der Waals surface area (Å²) in [5, 5.41) is 4.85. The molecule has 0 amide bonds. The number of nitrogens with zero attached hydrogens (tertiary/aromatic N) is 2. The molecule has 0 spiro atoms. The molecule has 12 aromatic carbocycles. The predicted molar refractivity (Wildman–Crippen MR) is 311 cm³/mol. The van der Waals surface area contributed by atoms with Crippen LogP contribution < -0.4 is 4.90 Å². The van der Waals surface area contributed by atoms with Crippen molar-refractivity contribution in [2.45, 2.75) is 11.8 Å². The highest BCUT2D eigenvalue weighted by Crippen LogP contribution is 2.53. The molecule has 0 saturated heterocycles. The first-order valence-corrected chi connectivity index (χ1v) is 25.7. The van der Waals surface area contributed by atoms with Crippen LogP contribution in [0.25, 0.3) is 82.8 Å². The van der Waals surface area contributed by atoms with Gasteiger partial charge in [-0.2, -0.15) is 0 Å². The van der Waals surface area contributed by atoms with Gasteiger partial charge in [0.25, 0.3) is 0 Å². The first-order valence-electron chi connectivity index (χ1n) is 25.7. The summed E-state index contributed by atoms with van der Waals surface area (Å²) in [4.78, 5) is 2.53. The van der Waals surface area contributed by atoms with Gasteiger partial charge in [-0.1, -0.05) is 237 Å². The number of hydrogen-bond acceptors (Lipinski definition) is 1. The van der Waals surface area contributed by atoms with Gasteiger partial charge in [0.15, 0.2) is 0 Å². The smallest absolute Gasteiger partial charge is 0.0542 e. The van der Waals surface area contributed by atoms with E-state index in [1.165, 1.54) is 77.1 Å². The van der Waals surface area contributed by atoms with E-state index in [4.69, 9.17) is 0 Å². The minimum atomic E-state index is -0.438. The predicted octanol–water partition coefficient (Wildman–Crippen LogP) is 19.0. The Balaban J connectivity index is 1.04. The molecular weight excluding hydrogens is 893 g/mol. The van der Waals surface area contributed by atoms with Crippen LogP contribution in [0, 0.1) is 0 Å². The van der Waals surface area contributed by atoms with E-state index in [9.17, 15) is 0 Å². The minimum Gasteiger partial charge on any atom is -0.309 e. The summed E-state index contributed by atoms with van der Waals surface area (Å²) in [5.41, 5.74) is 21.2. The molecule has 0 radical (unpaired) electrons. The fraction of sp³-hybridized carbons (Fsp3) is 0.0278. The van der Waals surface area contributed by atoms with Crippen molar-refractivity contribution in [2.24, 2.45) is 0 Å². The molecule has 2 heteroatoms. The zero-order chi connectivity index (χ0) is 49.0. The summed E-state index contributed by atoms with van der Waals surface area (Å²) in [6.07, 6.45) is 0.849. The van der Waals surface area contributed by atoms with Crippen LogP contribution >= 0.6 is 0 Å². The van der Waals surface area contributed by atoms with Gasteiger partial charge >= 0.3 is 0 Å². The highest BCUT2D eigenvalue weighted by atomic mass is 15.1. The largest absolute Gasteiger partial charge is 0.309 e. The van der Waals surface area contributed by atoms with Crippen molar-refractivity contribution < 1.29 is 0 Å². The lowest BCUT2D eigenvalue weighted by atomic mass is 9.60. The van der Waals surface area contributed by atoms with Crippen molar-refractivity contribution in [1.29, 1.82) is 0 Å². The highest BCUT2D eigenvalue weighted by molar-refractivity contribution is 6.12. The van der Waals surface area contributed by atoms with E-state index in [1.54, 1.807) is 0 Å². The van der Waals surface area contributed by atoms with Crippen LogP contribution in [0.1, 0.15) is 22.3 Å². The van der Waals surface area contributed by atoms with E-state index in [2.05, 4.69) is 301 Å². The lowest BCUT2D eigenvalue weighted by molar-refractivity contribution is 0.606. The summed E-state index contributed by atoms with van der Waals surface area (Å²) >= 11 is 0. The van der Waals surface area contributed by atoms with Gasteiger partial charge in [0.05, 0.1) is 22.4 Å². The molecule has 0 aliphatic heterocycles. The van der Waals surface area contributed by atoms with E-state index in [-0.39, 0.29) is 0 Å². The van der Waals surface area contributed by atoms with Gasteiger partial charge in [-0.25, -0.2) is 0 Å². The number of rotatable bonds is 9. The first kappa shape index (κ1) is 43.3. The van der Waals surface area contributed by atoms with Crippen LogP contribution in [0.3, 0.4) is 0 Å². The van der Waals surface area contributed by atoms with Gasteiger partial charge in [0.2, 0.25) is 0 Å². The summed E-state index contributed by atoms with van der Waals surface area (Å²) in [6.45, 7) is 0. The second kappa shape index (κ2) is 18.0. The molecule has 2 nitrogen and oxygen atoms in total. The Morgan fingerprint density at radius 3 is 1.62 bits per heavy atom. The fourth-order valence-electron chi connectivity index (χ4n) is 12.3. The molecule has 0 fully saturated rings. The quantitative estimate of drug-likeness (QED) is 0.140. The molecule has 348 valence electrons. The topological polar surface area (TPSA) is 8.17 Å². The number of aromatic nitrogens is 1. The molecule has 0 atom stereocenters. The molecule has 1 aliphatic carbocycles. The second-order valence-corrected chi connectivity index (χ2v) is 19.6. The maximum Gasteiger partial charge on any atom is 0.0542 e. The van der Waals surface area contributed by atoms with Crippen molar-refractivity contribution >= 4 is 49.6 Å². The number of hydrogen-bond donors (Lipinski definition) is 0.